The van der Waals surface area contributed by atoms with E-state index in [1.165, 1.54) is 5.56 Å². The molecular weight excluding hydrogens is 226 g/mol. The van der Waals surface area contributed by atoms with E-state index in [0.29, 0.717) is 5.92 Å². The predicted octanol–water partition coefficient (Wildman–Crippen LogP) is 3.50. The van der Waals surface area contributed by atoms with Gasteiger partial charge in [-0.25, -0.2) is 0 Å². The first-order chi connectivity index (χ1) is 8.45. The second-order valence-corrected chi connectivity index (χ2v) is 4.96. The number of carboxylic acid groups (broad SMARTS) is 1. The number of aliphatic carboxylic acids is 1. The van der Waals surface area contributed by atoms with Crippen molar-refractivity contribution < 1.29 is 9.90 Å². The van der Waals surface area contributed by atoms with Crippen LogP contribution in [0.15, 0.2) is 24.3 Å². The van der Waals surface area contributed by atoms with Gasteiger partial charge in [0, 0.05) is 18.8 Å². The zero-order chi connectivity index (χ0) is 13.7. The van der Waals surface area contributed by atoms with E-state index in [-0.39, 0.29) is 12.5 Å². The summed E-state index contributed by atoms with van der Waals surface area (Å²) in [5.41, 5.74) is 2.40. The lowest BCUT2D eigenvalue weighted by Gasteiger charge is -2.26. The molecule has 0 spiro atoms. The zero-order valence-electron chi connectivity index (χ0n) is 11.7. The number of carboxylic acids is 1. The van der Waals surface area contributed by atoms with E-state index in [1.54, 1.807) is 0 Å². The highest BCUT2D eigenvalue weighted by Crippen LogP contribution is 2.23. The lowest BCUT2D eigenvalue weighted by molar-refractivity contribution is -0.137. The van der Waals surface area contributed by atoms with Gasteiger partial charge in [-0.2, -0.15) is 0 Å². The maximum atomic E-state index is 10.7. The molecule has 0 aliphatic heterocycles. The minimum Gasteiger partial charge on any atom is -0.481 e. The number of benzene rings is 1. The van der Waals surface area contributed by atoms with Crippen molar-refractivity contribution >= 4 is 11.7 Å². The average molecular weight is 249 g/mol. The third kappa shape index (κ3) is 3.76. The summed E-state index contributed by atoms with van der Waals surface area (Å²) in [6.07, 6.45) is 1.29. The molecule has 0 fully saturated rings. The van der Waals surface area contributed by atoms with Gasteiger partial charge in [0.25, 0.3) is 0 Å². The molecule has 2 atom stereocenters. The number of nitrogens with zero attached hydrogens (tertiary/aromatic N) is 1. The molecule has 1 rings (SSSR count). The number of hydrogen-bond acceptors (Lipinski definition) is 2. The van der Waals surface area contributed by atoms with E-state index in [9.17, 15) is 4.79 Å². The number of anilines is 1. The smallest absolute Gasteiger partial charge is 0.305 e. The van der Waals surface area contributed by atoms with E-state index in [1.807, 2.05) is 18.9 Å². The molecule has 3 nitrogen and oxygen atoms in total. The molecule has 1 aromatic carbocycles. The Balaban J connectivity index is 2.75. The van der Waals surface area contributed by atoms with Gasteiger partial charge in [-0.1, -0.05) is 26.0 Å². The maximum Gasteiger partial charge on any atom is 0.305 e. The number of carbonyl (C=O) groups is 1. The van der Waals surface area contributed by atoms with Crippen molar-refractivity contribution in [1.29, 1.82) is 0 Å². The Morgan fingerprint density at radius 3 is 2.28 bits per heavy atom. The van der Waals surface area contributed by atoms with Gasteiger partial charge in [0.1, 0.15) is 0 Å². The summed E-state index contributed by atoms with van der Waals surface area (Å²) < 4.78 is 0. The Morgan fingerprint density at radius 1 is 1.28 bits per heavy atom. The third-order valence-corrected chi connectivity index (χ3v) is 3.61. The fraction of sp³-hybridized carbons (Fsp3) is 0.533. The standard InChI is InChI=1S/C15H23NO2/c1-5-11(2)13-6-8-14(9-7-13)16(4)12(3)10-15(17)18/h6-9,11-12H,5,10H2,1-4H3,(H,17,18). The van der Waals surface area contributed by atoms with Gasteiger partial charge in [0.05, 0.1) is 6.42 Å². The van der Waals surface area contributed by atoms with Crippen molar-refractivity contribution in [2.45, 2.75) is 45.6 Å². The fourth-order valence-corrected chi connectivity index (χ4v) is 1.92. The lowest BCUT2D eigenvalue weighted by Crippen LogP contribution is -2.30. The summed E-state index contributed by atoms with van der Waals surface area (Å²) in [5, 5.41) is 8.80. The summed E-state index contributed by atoms with van der Waals surface area (Å²) in [6, 6.07) is 8.40. The van der Waals surface area contributed by atoms with Gasteiger partial charge in [0.15, 0.2) is 0 Å². The van der Waals surface area contributed by atoms with Gasteiger partial charge in [-0.15, -0.1) is 0 Å². The van der Waals surface area contributed by atoms with Crippen LogP contribution in [0, 0.1) is 0 Å². The molecule has 1 N–H and O–H groups in total. The molecule has 0 heterocycles. The van der Waals surface area contributed by atoms with Crippen LogP contribution in [-0.2, 0) is 4.79 Å². The van der Waals surface area contributed by atoms with Gasteiger partial charge in [-0.05, 0) is 37.0 Å². The van der Waals surface area contributed by atoms with E-state index >= 15 is 0 Å². The largest absolute Gasteiger partial charge is 0.481 e. The van der Waals surface area contributed by atoms with Crippen LogP contribution in [0.4, 0.5) is 5.69 Å². The summed E-state index contributed by atoms with van der Waals surface area (Å²) in [7, 11) is 1.94. The van der Waals surface area contributed by atoms with E-state index in [2.05, 4.69) is 38.1 Å². The van der Waals surface area contributed by atoms with Crippen molar-refractivity contribution in [3.63, 3.8) is 0 Å². The topological polar surface area (TPSA) is 40.5 Å². The Labute approximate surface area is 109 Å². The quantitative estimate of drug-likeness (QED) is 0.838. The summed E-state index contributed by atoms with van der Waals surface area (Å²) >= 11 is 0. The Kier molecular flexibility index (Phi) is 5.20. The van der Waals surface area contributed by atoms with Gasteiger partial charge < -0.3 is 10.0 Å². The second kappa shape index (κ2) is 6.43. The van der Waals surface area contributed by atoms with Crippen LogP contribution in [-0.4, -0.2) is 24.2 Å². The van der Waals surface area contributed by atoms with E-state index in [4.69, 9.17) is 5.11 Å². The van der Waals surface area contributed by atoms with Crippen molar-refractivity contribution in [3.05, 3.63) is 29.8 Å². The lowest BCUT2D eigenvalue weighted by atomic mass is 9.98. The van der Waals surface area contributed by atoms with Crippen LogP contribution in [0.2, 0.25) is 0 Å². The molecule has 0 saturated heterocycles. The third-order valence-electron chi connectivity index (χ3n) is 3.61. The highest BCUT2D eigenvalue weighted by molar-refractivity contribution is 5.68. The molecule has 18 heavy (non-hydrogen) atoms. The van der Waals surface area contributed by atoms with Crippen molar-refractivity contribution in [2.24, 2.45) is 0 Å². The van der Waals surface area contributed by atoms with Crippen molar-refractivity contribution in [1.82, 2.24) is 0 Å². The average Bonchev–Trinajstić information content (AvgIpc) is 2.36. The second-order valence-electron chi connectivity index (χ2n) is 4.96. The fourth-order valence-electron chi connectivity index (χ4n) is 1.92. The van der Waals surface area contributed by atoms with Crippen molar-refractivity contribution in [3.8, 4) is 0 Å². The first-order valence-corrected chi connectivity index (χ1v) is 6.50. The molecule has 0 amide bonds. The highest BCUT2D eigenvalue weighted by atomic mass is 16.4. The molecule has 2 unspecified atom stereocenters. The first-order valence-electron chi connectivity index (χ1n) is 6.50. The summed E-state index contributed by atoms with van der Waals surface area (Å²) in [4.78, 5) is 12.7. The van der Waals surface area contributed by atoms with Gasteiger partial charge in [0.2, 0.25) is 0 Å². The Morgan fingerprint density at radius 2 is 1.83 bits per heavy atom. The molecule has 0 bridgehead atoms. The van der Waals surface area contributed by atoms with Crippen LogP contribution >= 0.6 is 0 Å². The van der Waals surface area contributed by atoms with E-state index < -0.39 is 5.97 Å². The van der Waals surface area contributed by atoms with Crippen LogP contribution in [0.1, 0.15) is 45.1 Å². The molecule has 0 saturated carbocycles. The minimum absolute atomic E-state index is 0.00283. The maximum absolute atomic E-state index is 10.7. The Bertz CT molecular complexity index is 386. The minimum atomic E-state index is -0.759. The molecule has 100 valence electrons. The number of hydrogen-bond donors (Lipinski definition) is 1. The molecule has 0 aromatic heterocycles. The molecule has 3 heteroatoms. The molecule has 0 aliphatic carbocycles. The van der Waals surface area contributed by atoms with Crippen LogP contribution < -0.4 is 4.90 Å². The van der Waals surface area contributed by atoms with Gasteiger partial charge in [-0.3, -0.25) is 4.79 Å². The number of rotatable bonds is 6. The molecule has 0 radical (unpaired) electrons. The van der Waals surface area contributed by atoms with E-state index in [0.717, 1.165) is 12.1 Å². The van der Waals surface area contributed by atoms with Crippen LogP contribution in [0.5, 0.6) is 0 Å². The monoisotopic (exact) mass is 249 g/mol. The predicted molar refractivity (Wildman–Crippen MR) is 75.3 cm³/mol. The van der Waals surface area contributed by atoms with Gasteiger partial charge >= 0.3 is 5.97 Å². The first kappa shape index (κ1) is 14.6. The Hall–Kier alpha value is -1.51. The van der Waals surface area contributed by atoms with Crippen molar-refractivity contribution in [2.75, 3.05) is 11.9 Å². The van der Waals surface area contributed by atoms with Crippen LogP contribution in [0.25, 0.3) is 0 Å². The molecule has 1 aromatic rings. The summed E-state index contributed by atoms with van der Waals surface area (Å²) in [5.74, 6) is -0.189. The normalized spacial score (nSPS) is 14.0. The van der Waals surface area contributed by atoms with Crippen LogP contribution in [0.3, 0.4) is 0 Å². The molecule has 0 aliphatic rings. The molecular formula is C15H23NO2. The summed E-state index contributed by atoms with van der Waals surface area (Å²) in [6.45, 7) is 6.32. The zero-order valence-corrected chi connectivity index (χ0v) is 11.7. The SMILES string of the molecule is CCC(C)c1ccc(N(C)C(C)CC(=O)O)cc1. The highest BCUT2D eigenvalue weighted by Gasteiger charge is 2.13.